The minimum Gasteiger partial charge on any atom is -0.442 e. The molecule has 0 spiro atoms. The van der Waals surface area contributed by atoms with Crippen LogP contribution < -0.4 is 5.32 Å². The Morgan fingerprint density at radius 2 is 1.80 bits per heavy atom. The van der Waals surface area contributed by atoms with Gasteiger partial charge in [0.2, 0.25) is 0 Å². The fraction of sp³-hybridized carbons (Fsp3) is 0.667. The van der Waals surface area contributed by atoms with Crippen LogP contribution in [0.2, 0.25) is 0 Å². The average molecular weight is 281 g/mol. The average Bonchev–Trinajstić information content (AvgIpc) is 3.10. The van der Waals surface area contributed by atoms with E-state index in [4.69, 9.17) is 4.74 Å². The van der Waals surface area contributed by atoms with Gasteiger partial charge in [-0.15, -0.1) is 0 Å². The van der Waals surface area contributed by atoms with Gasteiger partial charge < -0.3 is 10.1 Å². The predicted octanol–water partition coefficient (Wildman–Crippen LogP) is -0.172. The molecule has 2 aliphatic heterocycles. The van der Waals surface area contributed by atoms with Crippen molar-refractivity contribution in [2.24, 2.45) is 0 Å². The standard InChI is InChI=1S/C12H15N3O5/c16-9-10(17)15(7-3-1-2-4-7)12(19)14(9)6-8-5-13-11(18)20-8/h7-8H,1-6H2,(H,13,18). The first-order valence-electron chi connectivity index (χ1n) is 6.71. The van der Waals surface area contributed by atoms with Gasteiger partial charge in [-0.05, 0) is 12.8 Å². The lowest BCUT2D eigenvalue weighted by atomic mass is 10.2. The van der Waals surface area contributed by atoms with Crippen LogP contribution in [0.3, 0.4) is 0 Å². The lowest BCUT2D eigenvalue weighted by Crippen LogP contribution is -2.42. The van der Waals surface area contributed by atoms with Gasteiger partial charge in [-0.25, -0.2) is 9.59 Å². The zero-order chi connectivity index (χ0) is 14.3. The summed E-state index contributed by atoms with van der Waals surface area (Å²) in [5.41, 5.74) is 0. The van der Waals surface area contributed by atoms with E-state index in [0.29, 0.717) is 0 Å². The largest absolute Gasteiger partial charge is 0.442 e. The van der Waals surface area contributed by atoms with Crippen molar-refractivity contribution >= 4 is 23.9 Å². The Kier molecular flexibility index (Phi) is 3.07. The molecule has 0 aromatic heterocycles. The van der Waals surface area contributed by atoms with E-state index in [-0.39, 0.29) is 19.1 Å². The molecule has 1 atom stereocenters. The van der Waals surface area contributed by atoms with E-state index >= 15 is 0 Å². The van der Waals surface area contributed by atoms with E-state index in [9.17, 15) is 19.2 Å². The number of urea groups is 1. The van der Waals surface area contributed by atoms with Crippen LogP contribution in [0.1, 0.15) is 25.7 Å². The van der Waals surface area contributed by atoms with Crippen molar-refractivity contribution in [3.05, 3.63) is 0 Å². The Hall–Kier alpha value is -2.12. The molecule has 108 valence electrons. The number of nitrogens with zero attached hydrogens (tertiary/aromatic N) is 2. The number of nitrogens with one attached hydrogen (secondary N) is 1. The number of alkyl carbamates (subject to hydrolysis) is 1. The Morgan fingerprint density at radius 1 is 1.10 bits per heavy atom. The molecule has 2 saturated heterocycles. The number of carbonyl (C=O) groups excluding carboxylic acids is 4. The van der Waals surface area contributed by atoms with Gasteiger partial charge in [0.15, 0.2) is 0 Å². The Morgan fingerprint density at radius 3 is 2.40 bits per heavy atom. The number of carbonyl (C=O) groups is 4. The van der Waals surface area contributed by atoms with E-state index in [1.165, 1.54) is 0 Å². The topological polar surface area (TPSA) is 96.0 Å². The second-order valence-electron chi connectivity index (χ2n) is 5.22. The highest BCUT2D eigenvalue weighted by Crippen LogP contribution is 2.27. The van der Waals surface area contributed by atoms with Gasteiger partial charge in [-0.3, -0.25) is 19.4 Å². The molecule has 1 aliphatic carbocycles. The number of ether oxygens (including phenoxy) is 1. The molecular formula is C12H15N3O5. The molecule has 1 saturated carbocycles. The third-order valence-electron chi connectivity index (χ3n) is 3.91. The summed E-state index contributed by atoms with van der Waals surface area (Å²) in [7, 11) is 0. The molecule has 20 heavy (non-hydrogen) atoms. The van der Waals surface area contributed by atoms with Crippen LogP contribution in [0.4, 0.5) is 9.59 Å². The van der Waals surface area contributed by atoms with Crippen molar-refractivity contribution in [2.75, 3.05) is 13.1 Å². The molecule has 0 bridgehead atoms. The lowest BCUT2D eigenvalue weighted by Gasteiger charge is -2.21. The number of rotatable bonds is 3. The molecule has 3 fully saturated rings. The molecular weight excluding hydrogens is 266 g/mol. The minimum absolute atomic E-state index is 0.0780. The van der Waals surface area contributed by atoms with Crippen molar-refractivity contribution in [1.29, 1.82) is 0 Å². The van der Waals surface area contributed by atoms with Crippen molar-refractivity contribution in [3.8, 4) is 0 Å². The Bertz CT molecular complexity index is 485. The van der Waals surface area contributed by atoms with Crippen molar-refractivity contribution in [1.82, 2.24) is 15.1 Å². The van der Waals surface area contributed by atoms with Crippen LogP contribution >= 0.6 is 0 Å². The van der Waals surface area contributed by atoms with Crippen LogP contribution in [-0.4, -0.2) is 59.0 Å². The molecule has 5 amide bonds. The van der Waals surface area contributed by atoms with E-state index in [0.717, 1.165) is 35.5 Å². The highest BCUT2D eigenvalue weighted by Gasteiger charge is 2.49. The fourth-order valence-corrected chi connectivity index (χ4v) is 2.91. The number of imide groups is 2. The SMILES string of the molecule is O=C1NCC(CN2C(=O)C(=O)N(C3CCCC3)C2=O)O1. The normalized spacial score (nSPS) is 27.5. The van der Waals surface area contributed by atoms with Crippen molar-refractivity contribution in [3.63, 3.8) is 0 Å². The molecule has 0 radical (unpaired) electrons. The van der Waals surface area contributed by atoms with Gasteiger partial charge in [0.25, 0.3) is 0 Å². The van der Waals surface area contributed by atoms with Crippen LogP contribution in [0, 0.1) is 0 Å². The van der Waals surface area contributed by atoms with Gasteiger partial charge in [0, 0.05) is 6.04 Å². The third kappa shape index (κ3) is 2.00. The quantitative estimate of drug-likeness (QED) is 0.572. The number of hydrogen-bond donors (Lipinski definition) is 1. The third-order valence-corrected chi connectivity index (χ3v) is 3.91. The maximum Gasteiger partial charge on any atom is 0.407 e. The summed E-state index contributed by atoms with van der Waals surface area (Å²) in [6, 6.07) is -0.761. The second kappa shape index (κ2) is 4.77. The maximum atomic E-state index is 12.2. The van der Waals surface area contributed by atoms with Crippen LogP contribution in [-0.2, 0) is 14.3 Å². The van der Waals surface area contributed by atoms with Gasteiger partial charge in [0.05, 0.1) is 13.1 Å². The molecule has 8 heteroatoms. The zero-order valence-corrected chi connectivity index (χ0v) is 10.8. The van der Waals surface area contributed by atoms with Gasteiger partial charge in [-0.2, -0.15) is 0 Å². The molecule has 1 unspecified atom stereocenters. The molecule has 8 nitrogen and oxygen atoms in total. The van der Waals surface area contributed by atoms with Crippen LogP contribution in [0.15, 0.2) is 0 Å². The van der Waals surface area contributed by atoms with E-state index < -0.39 is 30.0 Å². The molecule has 2 heterocycles. The number of amides is 5. The fourth-order valence-electron chi connectivity index (χ4n) is 2.91. The van der Waals surface area contributed by atoms with Crippen molar-refractivity contribution < 1.29 is 23.9 Å². The molecule has 0 aromatic rings. The molecule has 1 N–H and O–H groups in total. The number of cyclic esters (lactones) is 1. The maximum absolute atomic E-state index is 12.2. The molecule has 3 rings (SSSR count). The van der Waals surface area contributed by atoms with Gasteiger partial charge >= 0.3 is 23.9 Å². The predicted molar refractivity (Wildman–Crippen MR) is 64.5 cm³/mol. The molecule has 0 aromatic carbocycles. The first kappa shape index (κ1) is 12.9. The summed E-state index contributed by atoms with van der Waals surface area (Å²) in [5, 5.41) is 2.44. The highest BCUT2D eigenvalue weighted by atomic mass is 16.6. The molecule has 3 aliphatic rings. The van der Waals surface area contributed by atoms with Crippen LogP contribution in [0.5, 0.6) is 0 Å². The summed E-state index contributed by atoms with van der Waals surface area (Å²) in [4.78, 5) is 49.0. The highest BCUT2D eigenvalue weighted by molar-refractivity contribution is 6.44. The van der Waals surface area contributed by atoms with Crippen LogP contribution in [0.25, 0.3) is 0 Å². The zero-order valence-electron chi connectivity index (χ0n) is 10.8. The lowest BCUT2D eigenvalue weighted by molar-refractivity contribution is -0.144. The van der Waals surface area contributed by atoms with E-state index in [1.54, 1.807) is 0 Å². The van der Waals surface area contributed by atoms with Gasteiger partial charge in [0.1, 0.15) is 6.10 Å². The minimum atomic E-state index is -0.829. The summed E-state index contributed by atoms with van der Waals surface area (Å²) in [6.45, 7) is 0.152. The first-order chi connectivity index (χ1) is 9.58. The smallest absolute Gasteiger partial charge is 0.407 e. The summed E-state index contributed by atoms with van der Waals surface area (Å²) < 4.78 is 4.89. The monoisotopic (exact) mass is 281 g/mol. The van der Waals surface area contributed by atoms with E-state index in [1.807, 2.05) is 0 Å². The number of hydrogen-bond acceptors (Lipinski definition) is 5. The van der Waals surface area contributed by atoms with Gasteiger partial charge in [-0.1, -0.05) is 12.8 Å². The second-order valence-corrected chi connectivity index (χ2v) is 5.22. The first-order valence-corrected chi connectivity index (χ1v) is 6.71. The Balaban J connectivity index is 1.72. The Labute approximate surface area is 115 Å². The summed E-state index contributed by atoms with van der Waals surface area (Å²) in [6.07, 6.45) is 2.25. The van der Waals surface area contributed by atoms with Crippen molar-refractivity contribution in [2.45, 2.75) is 37.8 Å². The summed E-state index contributed by atoms with van der Waals surface area (Å²) in [5.74, 6) is -1.59. The van der Waals surface area contributed by atoms with E-state index in [2.05, 4.69) is 5.32 Å². The summed E-state index contributed by atoms with van der Waals surface area (Å²) >= 11 is 0.